The number of para-hydroxylation sites is 1. The van der Waals surface area contributed by atoms with Gasteiger partial charge in [0.2, 0.25) is 10.0 Å². The highest BCUT2D eigenvalue weighted by Gasteiger charge is 2.15. The van der Waals surface area contributed by atoms with Crippen LogP contribution in [0.3, 0.4) is 0 Å². The van der Waals surface area contributed by atoms with Gasteiger partial charge in [-0.15, -0.1) is 11.3 Å². The van der Waals surface area contributed by atoms with Gasteiger partial charge in [-0.25, -0.2) is 8.42 Å². The standard InChI is InChI=1S/C25H21N3O5S2/c1-35(31,32)28-20-7-5-6-19(15-20)27-25(30)23-14-17(16-34-23)24(29)26-18-10-12-22(13-11-18)33-21-8-3-2-4-9-21/h2-16,28H,1H3,(H,26,29)(H,27,30). The van der Waals surface area contributed by atoms with E-state index in [0.717, 1.165) is 17.6 Å². The van der Waals surface area contributed by atoms with E-state index < -0.39 is 15.9 Å². The number of hydrogen-bond donors (Lipinski definition) is 3. The molecule has 0 aliphatic carbocycles. The van der Waals surface area contributed by atoms with Gasteiger partial charge in [0.15, 0.2) is 0 Å². The van der Waals surface area contributed by atoms with Crippen molar-refractivity contribution in [1.82, 2.24) is 0 Å². The number of ether oxygens (including phenoxy) is 1. The van der Waals surface area contributed by atoms with Crippen LogP contribution in [-0.2, 0) is 10.0 Å². The summed E-state index contributed by atoms with van der Waals surface area (Å²) in [4.78, 5) is 25.6. The molecule has 8 nitrogen and oxygen atoms in total. The Kier molecular flexibility index (Phi) is 7.14. The van der Waals surface area contributed by atoms with Crippen molar-refractivity contribution in [2.24, 2.45) is 0 Å². The second kappa shape index (κ2) is 10.4. The zero-order valence-electron chi connectivity index (χ0n) is 18.5. The highest BCUT2D eigenvalue weighted by Crippen LogP contribution is 2.24. The molecule has 0 atom stereocenters. The highest BCUT2D eigenvalue weighted by molar-refractivity contribution is 7.92. The van der Waals surface area contributed by atoms with Gasteiger partial charge in [0.1, 0.15) is 11.5 Å². The molecule has 1 heterocycles. The predicted molar refractivity (Wildman–Crippen MR) is 138 cm³/mol. The number of sulfonamides is 1. The molecule has 10 heteroatoms. The van der Waals surface area contributed by atoms with E-state index in [1.165, 1.54) is 12.1 Å². The molecule has 4 rings (SSSR count). The zero-order valence-corrected chi connectivity index (χ0v) is 20.2. The number of nitrogens with one attached hydrogen (secondary N) is 3. The number of carbonyl (C=O) groups excluding carboxylic acids is 2. The third-order valence-corrected chi connectivity index (χ3v) is 6.14. The summed E-state index contributed by atoms with van der Waals surface area (Å²) in [5, 5.41) is 7.10. The molecule has 2 amide bonds. The smallest absolute Gasteiger partial charge is 0.265 e. The third kappa shape index (κ3) is 6.92. The Bertz CT molecular complexity index is 1450. The minimum atomic E-state index is -3.44. The first-order chi connectivity index (χ1) is 16.7. The fraction of sp³-hybridized carbons (Fsp3) is 0.0400. The van der Waals surface area contributed by atoms with Gasteiger partial charge in [0.05, 0.1) is 22.4 Å². The van der Waals surface area contributed by atoms with Gasteiger partial charge < -0.3 is 15.4 Å². The lowest BCUT2D eigenvalue weighted by atomic mass is 10.2. The largest absolute Gasteiger partial charge is 0.457 e. The Labute approximate surface area is 206 Å². The summed E-state index contributed by atoms with van der Waals surface area (Å²) in [6, 6.07) is 24.2. The lowest BCUT2D eigenvalue weighted by Gasteiger charge is -2.08. The van der Waals surface area contributed by atoms with Crippen molar-refractivity contribution >= 4 is 50.2 Å². The van der Waals surface area contributed by atoms with Crippen LogP contribution in [0.2, 0.25) is 0 Å². The Hall–Kier alpha value is -4.15. The van der Waals surface area contributed by atoms with E-state index in [4.69, 9.17) is 4.74 Å². The normalized spacial score (nSPS) is 10.9. The quantitative estimate of drug-likeness (QED) is 0.295. The van der Waals surface area contributed by atoms with Crippen LogP contribution in [0.15, 0.2) is 90.3 Å². The van der Waals surface area contributed by atoms with Crippen molar-refractivity contribution in [2.45, 2.75) is 0 Å². The molecule has 0 fully saturated rings. The van der Waals surface area contributed by atoms with Crippen LogP contribution in [0.4, 0.5) is 17.1 Å². The molecule has 178 valence electrons. The highest BCUT2D eigenvalue weighted by atomic mass is 32.2. The summed E-state index contributed by atoms with van der Waals surface area (Å²) in [6.07, 6.45) is 1.04. The first-order valence-corrected chi connectivity index (χ1v) is 13.1. The monoisotopic (exact) mass is 507 g/mol. The molecule has 0 saturated carbocycles. The fourth-order valence-electron chi connectivity index (χ4n) is 3.08. The average Bonchev–Trinajstić information content (AvgIpc) is 3.31. The number of rotatable bonds is 8. The van der Waals surface area contributed by atoms with Crippen molar-refractivity contribution in [2.75, 3.05) is 21.6 Å². The van der Waals surface area contributed by atoms with Crippen LogP contribution in [-0.4, -0.2) is 26.5 Å². The minimum absolute atomic E-state index is 0.330. The molecular formula is C25H21N3O5S2. The summed E-state index contributed by atoms with van der Waals surface area (Å²) in [5.74, 6) is 0.593. The van der Waals surface area contributed by atoms with Crippen LogP contribution in [0.25, 0.3) is 0 Å². The van der Waals surface area contributed by atoms with Crippen LogP contribution < -0.4 is 20.1 Å². The van der Waals surface area contributed by atoms with Crippen molar-refractivity contribution in [1.29, 1.82) is 0 Å². The summed E-state index contributed by atoms with van der Waals surface area (Å²) >= 11 is 1.13. The maximum atomic E-state index is 12.6. The van der Waals surface area contributed by atoms with Crippen molar-refractivity contribution in [3.63, 3.8) is 0 Å². The van der Waals surface area contributed by atoms with Crippen molar-refractivity contribution in [3.8, 4) is 11.5 Å². The summed E-state index contributed by atoms with van der Waals surface area (Å²) in [6.45, 7) is 0. The molecule has 0 radical (unpaired) electrons. The minimum Gasteiger partial charge on any atom is -0.457 e. The molecule has 0 spiro atoms. The number of thiophene rings is 1. The second-order valence-electron chi connectivity index (χ2n) is 7.50. The van der Waals surface area contributed by atoms with E-state index in [1.54, 1.807) is 47.8 Å². The summed E-state index contributed by atoms with van der Waals surface area (Å²) < 4.78 is 30.9. The molecule has 35 heavy (non-hydrogen) atoms. The van der Waals surface area contributed by atoms with Gasteiger partial charge in [-0.05, 0) is 60.7 Å². The maximum Gasteiger partial charge on any atom is 0.265 e. The SMILES string of the molecule is CS(=O)(=O)Nc1cccc(NC(=O)c2cc(C(=O)Nc3ccc(Oc4ccccc4)cc3)cs2)c1. The number of carbonyl (C=O) groups is 2. The molecule has 0 bridgehead atoms. The van der Waals surface area contributed by atoms with Gasteiger partial charge in [0, 0.05) is 16.8 Å². The van der Waals surface area contributed by atoms with E-state index in [9.17, 15) is 18.0 Å². The first-order valence-electron chi connectivity index (χ1n) is 10.4. The van der Waals surface area contributed by atoms with Gasteiger partial charge in [0.25, 0.3) is 11.8 Å². The second-order valence-corrected chi connectivity index (χ2v) is 10.2. The van der Waals surface area contributed by atoms with Gasteiger partial charge in [-0.2, -0.15) is 0 Å². The van der Waals surface area contributed by atoms with Gasteiger partial charge >= 0.3 is 0 Å². The Morgan fingerprint density at radius 2 is 1.40 bits per heavy atom. The molecule has 3 N–H and O–H groups in total. The lowest BCUT2D eigenvalue weighted by Crippen LogP contribution is -2.13. The Balaban J connectivity index is 1.36. The van der Waals surface area contributed by atoms with E-state index in [0.29, 0.717) is 39.0 Å². The molecule has 0 unspecified atom stereocenters. The molecule has 0 aliphatic rings. The first kappa shape index (κ1) is 24.0. The summed E-state index contributed by atoms with van der Waals surface area (Å²) in [7, 11) is -3.44. The van der Waals surface area contributed by atoms with Gasteiger partial charge in [-0.3, -0.25) is 14.3 Å². The zero-order chi connectivity index (χ0) is 24.8. The van der Waals surface area contributed by atoms with E-state index >= 15 is 0 Å². The number of hydrogen-bond acceptors (Lipinski definition) is 6. The van der Waals surface area contributed by atoms with Crippen molar-refractivity contribution < 1.29 is 22.7 Å². The number of benzene rings is 3. The van der Waals surface area contributed by atoms with Crippen LogP contribution in [0.5, 0.6) is 11.5 Å². The van der Waals surface area contributed by atoms with Crippen LogP contribution >= 0.6 is 11.3 Å². The van der Waals surface area contributed by atoms with Crippen LogP contribution in [0, 0.1) is 0 Å². The van der Waals surface area contributed by atoms with E-state index in [2.05, 4.69) is 15.4 Å². The lowest BCUT2D eigenvalue weighted by molar-refractivity contribution is 0.102. The molecule has 0 aliphatic heterocycles. The average molecular weight is 508 g/mol. The number of amides is 2. The Morgan fingerprint density at radius 1 is 0.743 bits per heavy atom. The molecule has 4 aromatic rings. The topological polar surface area (TPSA) is 114 Å². The predicted octanol–water partition coefficient (Wildman–Crippen LogP) is 5.42. The van der Waals surface area contributed by atoms with E-state index in [1.807, 2.05) is 30.3 Å². The summed E-state index contributed by atoms with van der Waals surface area (Å²) in [5.41, 5.74) is 1.68. The molecule has 1 aromatic heterocycles. The Morgan fingerprint density at radius 3 is 2.11 bits per heavy atom. The molecule has 0 saturated heterocycles. The van der Waals surface area contributed by atoms with E-state index in [-0.39, 0.29) is 5.91 Å². The maximum absolute atomic E-state index is 12.6. The van der Waals surface area contributed by atoms with Crippen LogP contribution in [0.1, 0.15) is 20.0 Å². The number of anilines is 3. The third-order valence-electron chi connectivity index (χ3n) is 4.60. The molecular weight excluding hydrogens is 486 g/mol. The van der Waals surface area contributed by atoms with Gasteiger partial charge in [-0.1, -0.05) is 24.3 Å². The fourth-order valence-corrected chi connectivity index (χ4v) is 4.41. The van der Waals surface area contributed by atoms with Crippen molar-refractivity contribution in [3.05, 3.63) is 101 Å². The molecule has 3 aromatic carbocycles.